The van der Waals surface area contributed by atoms with E-state index in [4.69, 9.17) is 5.26 Å². The second-order valence-electron chi connectivity index (χ2n) is 5.06. The summed E-state index contributed by atoms with van der Waals surface area (Å²) in [6, 6.07) is 5.37. The molecule has 0 fully saturated rings. The molecule has 0 amide bonds. The Labute approximate surface area is 114 Å². The van der Waals surface area contributed by atoms with Gasteiger partial charge in [0.05, 0.1) is 11.6 Å². The zero-order chi connectivity index (χ0) is 15.8. The number of nitriles is 1. The Morgan fingerprint density at radius 3 is 2.15 bits per heavy atom. The van der Waals surface area contributed by atoms with Gasteiger partial charge in [0.25, 0.3) is 0 Å². The van der Waals surface area contributed by atoms with Crippen LogP contribution in [-0.2, 0) is 15.5 Å². The van der Waals surface area contributed by atoms with Gasteiger partial charge in [0.2, 0.25) is 0 Å². The Morgan fingerprint density at radius 2 is 1.75 bits per heavy atom. The molecule has 0 unspecified atom stereocenters. The number of alkyl halides is 3. The van der Waals surface area contributed by atoms with Crippen LogP contribution >= 0.6 is 0 Å². The van der Waals surface area contributed by atoms with Crippen LogP contribution in [0.4, 0.5) is 13.2 Å². The summed E-state index contributed by atoms with van der Waals surface area (Å²) in [5.74, 6) is -0.436. The number of hydrogen-bond donors (Lipinski definition) is 0. The topological polar surface area (TPSA) is 67.2 Å². The molecular formula is C12H12F3NO3S. The average molecular weight is 307 g/mol. The first kappa shape index (κ1) is 16.3. The van der Waals surface area contributed by atoms with Crippen LogP contribution in [0, 0.1) is 11.3 Å². The Balaban J connectivity index is 3.38. The summed E-state index contributed by atoms with van der Waals surface area (Å²) in [7, 11) is -5.74. The molecule has 0 aliphatic rings. The number of benzene rings is 1. The van der Waals surface area contributed by atoms with E-state index in [1.807, 2.05) is 6.07 Å². The van der Waals surface area contributed by atoms with Gasteiger partial charge in [0.15, 0.2) is 0 Å². The minimum Gasteiger partial charge on any atom is -0.376 e. The Morgan fingerprint density at radius 1 is 1.20 bits per heavy atom. The van der Waals surface area contributed by atoms with Crippen molar-refractivity contribution < 1.29 is 25.8 Å². The number of rotatable bonds is 2. The third kappa shape index (κ3) is 3.42. The molecule has 0 bridgehead atoms. The molecule has 4 nitrogen and oxygen atoms in total. The Bertz CT molecular complexity index is 652. The maximum absolute atomic E-state index is 12.3. The SMILES string of the molecule is CC(C)(C)c1cc(C#N)ccc1OS(=O)(=O)C(F)(F)F. The third-order valence-electron chi connectivity index (χ3n) is 2.40. The number of hydrogen-bond acceptors (Lipinski definition) is 4. The standard InChI is InChI=1S/C12H12F3NO3S/c1-11(2,3)9-6-8(7-16)4-5-10(9)19-20(17,18)12(13,14)15/h4-6H,1-3H3. The predicted octanol–water partition coefficient (Wildman–Crippen LogP) is 3.08. The van der Waals surface area contributed by atoms with Crippen molar-refractivity contribution in [3.8, 4) is 11.8 Å². The summed E-state index contributed by atoms with van der Waals surface area (Å²) >= 11 is 0. The molecular weight excluding hydrogens is 295 g/mol. The van der Waals surface area contributed by atoms with Crippen LogP contribution in [0.2, 0.25) is 0 Å². The lowest BCUT2D eigenvalue weighted by molar-refractivity contribution is -0.0500. The summed E-state index contributed by atoms with van der Waals surface area (Å²) in [6.07, 6.45) is 0. The Kier molecular flexibility index (Phi) is 4.06. The highest BCUT2D eigenvalue weighted by atomic mass is 32.2. The highest BCUT2D eigenvalue weighted by Crippen LogP contribution is 2.35. The van der Waals surface area contributed by atoms with Gasteiger partial charge < -0.3 is 4.18 Å². The zero-order valence-corrected chi connectivity index (χ0v) is 11.8. The van der Waals surface area contributed by atoms with Crippen LogP contribution in [0.5, 0.6) is 5.75 Å². The summed E-state index contributed by atoms with van der Waals surface area (Å²) in [5, 5.41) is 8.79. The van der Waals surface area contributed by atoms with Gasteiger partial charge in [-0.15, -0.1) is 0 Å². The third-order valence-corrected chi connectivity index (χ3v) is 3.37. The van der Waals surface area contributed by atoms with Crippen molar-refractivity contribution in [2.45, 2.75) is 31.7 Å². The molecule has 8 heteroatoms. The summed E-state index contributed by atoms with van der Waals surface area (Å²) in [5.41, 5.74) is -5.80. The van der Waals surface area contributed by atoms with E-state index in [1.165, 1.54) is 12.1 Å². The van der Waals surface area contributed by atoms with E-state index < -0.39 is 26.8 Å². The van der Waals surface area contributed by atoms with E-state index >= 15 is 0 Å². The van der Waals surface area contributed by atoms with E-state index in [1.54, 1.807) is 20.8 Å². The maximum Gasteiger partial charge on any atom is 0.534 e. The first-order chi connectivity index (χ1) is 8.88. The van der Waals surface area contributed by atoms with Gasteiger partial charge in [-0.05, 0) is 23.6 Å². The van der Waals surface area contributed by atoms with Gasteiger partial charge in [0.1, 0.15) is 5.75 Å². The van der Waals surface area contributed by atoms with Gasteiger partial charge in [-0.2, -0.15) is 26.9 Å². The molecule has 0 aliphatic carbocycles. The van der Waals surface area contributed by atoms with E-state index in [9.17, 15) is 21.6 Å². The van der Waals surface area contributed by atoms with Crippen molar-refractivity contribution in [1.82, 2.24) is 0 Å². The second-order valence-corrected chi connectivity index (χ2v) is 6.59. The van der Waals surface area contributed by atoms with Crippen LogP contribution < -0.4 is 4.18 Å². The van der Waals surface area contributed by atoms with Gasteiger partial charge in [-0.3, -0.25) is 0 Å². The average Bonchev–Trinajstić information content (AvgIpc) is 2.26. The van der Waals surface area contributed by atoms with Crippen molar-refractivity contribution in [3.05, 3.63) is 29.3 Å². The molecule has 1 rings (SSSR count). The molecule has 0 spiro atoms. The van der Waals surface area contributed by atoms with Gasteiger partial charge >= 0.3 is 15.6 Å². The van der Waals surface area contributed by atoms with Crippen LogP contribution in [0.3, 0.4) is 0 Å². The minimum absolute atomic E-state index is 0.198. The zero-order valence-electron chi connectivity index (χ0n) is 10.9. The molecule has 0 atom stereocenters. The lowest BCUT2D eigenvalue weighted by Gasteiger charge is -2.22. The van der Waals surface area contributed by atoms with Crippen molar-refractivity contribution in [2.75, 3.05) is 0 Å². The largest absolute Gasteiger partial charge is 0.534 e. The molecule has 20 heavy (non-hydrogen) atoms. The van der Waals surface area contributed by atoms with E-state index in [0.29, 0.717) is 0 Å². The van der Waals surface area contributed by atoms with Crippen LogP contribution in [0.25, 0.3) is 0 Å². The highest BCUT2D eigenvalue weighted by molar-refractivity contribution is 7.88. The molecule has 1 aromatic carbocycles. The fraction of sp³-hybridized carbons (Fsp3) is 0.417. The van der Waals surface area contributed by atoms with Crippen LogP contribution in [0.1, 0.15) is 31.9 Å². The predicted molar refractivity (Wildman–Crippen MR) is 65.5 cm³/mol. The molecule has 0 aromatic heterocycles. The molecule has 0 N–H and O–H groups in total. The van der Waals surface area contributed by atoms with Gasteiger partial charge in [-0.25, -0.2) is 0 Å². The fourth-order valence-electron chi connectivity index (χ4n) is 1.42. The molecule has 0 saturated carbocycles. The van der Waals surface area contributed by atoms with Gasteiger partial charge in [-0.1, -0.05) is 20.8 Å². The number of nitrogens with zero attached hydrogens (tertiary/aromatic N) is 1. The summed E-state index contributed by atoms with van der Waals surface area (Å²) in [4.78, 5) is 0. The lowest BCUT2D eigenvalue weighted by Crippen LogP contribution is -2.29. The molecule has 110 valence electrons. The highest BCUT2D eigenvalue weighted by Gasteiger charge is 2.49. The monoisotopic (exact) mass is 307 g/mol. The van der Waals surface area contributed by atoms with Gasteiger partial charge in [0, 0.05) is 5.56 Å². The first-order valence-corrected chi connectivity index (χ1v) is 6.85. The van der Waals surface area contributed by atoms with E-state index in [0.717, 1.165) is 6.07 Å². The normalized spacial score (nSPS) is 12.8. The van der Waals surface area contributed by atoms with E-state index in [2.05, 4.69) is 4.18 Å². The van der Waals surface area contributed by atoms with Crippen molar-refractivity contribution in [2.24, 2.45) is 0 Å². The van der Waals surface area contributed by atoms with Crippen LogP contribution in [-0.4, -0.2) is 13.9 Å². The molecule has 0 aliphatic heterocycles. The Hall–Kier alpha value is -1.75. The smallest absolute Gasteiger partial charge is 0.376 e. The minimum atomic E-state index is -5.74. The molecule has 0 saturated heterocycles. The fourth-order valence-corrected chi connectivity index (χ4v) is 1.90. The quantitative estimate of drug-likeness (QED) is 0.622. The number of halogens is 3. The summed E-state index contributed by atoms with van der Waals surface area (Å²) < 4.78 is 63.2. The molecule has 0 radical (unpaired) electrons. The summed E-state index contributed by atoms with van der Waals surface area (Å²) in [6.45, 7) is 4.99. The van der Waals surface area contributed by atoms with Crippen molar-refractivity contribution >= 4 is 10.1 Å². The maximum atomic E-state index is 12.3. The molecule has 1 aromatic rings. The van der Waals surface area contributed by atoms with E-state index in [-0.39, 0.29) is 11.1 Å². The van der Waals surface area contributed by atoms with Crippen LogP contribution in [0.15, 0.2) is 18.2 Å². The van der Waals surface area contributed by atoms with Crippen molar-refractivity contribution in [3.63, 3.8) is 0 Å². The second kappa shape index (κ2) is 4.98. The van der Waals surface area contributed by atoms with Crippen molar-refractivity contribution in [1.29, 1.82) is 5.26 Å². The first-order valence-electron chi connectivity index (χ1n) is 5.44. The lowest BCUT2D eigenvalue weighted by atomic mass is 9.85. The molecule has 0 heterocycles.